The Hall–Kier alpha value is -3.51. The van der Waals surface area contributed by atoms with E-state index in [4.69, 9.17) is 14.2 Å². The number of benzene rings is 2. The van der Waals surface area contributed by atoms with E-state index in [2.05, 4.69) is 6.58 Å². The van der Waals surface area contributed by atoms with Crippen LogP contribution in [0.2, 0.25) is 0 Å². The van der Waals surface area contributed by atoms with E-state index < -0.39 is 28.7 Å². The quantitative estimate of drug-likeness (QED) is 0.338. The van der Waals surface area contributed by atoms with Crippen molar-refractivity contribution in [2.24, 2.45) is 5.41 Å². The summed E-state index contributed by atoms with van der Waals surface area (Å²) in [5, 5.41) is 0. The fraction of sp³-hybridized carbons (Fsp3) is 0.208. The lowest BCUT2D eigenvalue weighted by Gasteiger charge is -2.38. The minimum atomic E-state index is -1.93. The molecule has 2 unspecified atom stereocenters. The van der Waals surface area contributed by atoms with Crippen molar-refractivity contribution in [3.63, 3.8) is 0 Å². The Bertz CT molecular complexity index is 1090. The van der Waals surface area contributed by atoms with Crippen molar-refractivity contribution in [3.05, 3.63) is 89.5 Å². The van der Waals surface area contributed by atoms with E-state index in [0.29, 0.717) is 11.1 Å². The SMILES string of the molecule is C=C1COC2(c3ccccc3)C(c3ccccc3)=C(C(=O)OC)C(=O)C12C(=O)OC. The summed E-state index contributed by atoms with van der Waals surface area (Å²) < 4.78 is 16.3. The van der Waals surface area contributed by atoms with Gasteiger partial charge in [0.15, 0.2) is 11.2 Å². The Morgan fingerprint density at radius 2 is 1.57 bits per heavy atom. The van der Waals surface area contributed by atoms with Gasteiger partial charge in [0.2, 0.25) is 0 Å². The monoisotopic (exact) mass is 404 g/mol. The Morgan fingerprint density at radius 1 is 0.967 bits per heavy atom. The zero-order valence-corrected chi connectivity index (χ0v) is 16.6. The first kappa shape index (κ1) is 19.8. The van der Waals surface area contributed by atoms with Crippen LogP contribution in [-0.4, -0.2) is 38.5 Å². The van der Waals surface area contributed by atoms with Crippen LogP contribution >= 0.6 is 0 Å². The molecule has 0 bridgehead atoms. The molecule has 1 fully saturated rings. The van der Waals surface area contributed by atoms with Gasteiger partial charge in [-0.1, -0.05) is 67.2 Å². The standard InChI is InChI=1S/C24H20O6/c1-15-14-30-24(17-12-8-5-9-13-17)19(16-10-6-4-7-11-16)18(21(26)28-2)20(25)23(15,24)22(27)29-3/h4-13H,1,14H2,2-3H3. The van der Waals surface area contributed by atoms with Crippen LogP contribution in [0.15, 0.2) is 78.4 Å². The molecule has 0 aromatic heterocycles. The second-order valence-corrected chi connectivity index (χ2v) is 7.12. The largest absolute Gasteiger partial charge is 0.468 e. The van der Waals surface area contributed by atoms with Gasteiger partial charge in [0.1, 0.15) is 11.2 Å². The van der Waals surface area contributed by atoms with Crippen LogP contribution in [0, 0.1) is 5.41 Å². The van der Waals surface area contributed by atoms with E-state index in [0.717, 1.165) is 0 Å². The van der Waals surface area contributed by atoms with Gasteiger partial charge in [-0.3, -0.25) is 9.59 Å². The lowest BCUT2D eigenvalue weighted by molar-refractivity contribution is -0.161. The van der Waals surface area contributed by atoms with Crippen LogP contribution in [-0.2, 0) is 34.2 Å². The van der Waals surface area contributed by atoms with E-state index in [1.54, 1.807) is 48.5 Å². The van der Waals surface area contributed by atoms with E-state index >= 15 is 0 Å². The molecule has 0 amide bonds. The highest BCUT2D eigenvalue weighted by Crippen LogP contribution is 2.66. The smallest absolute Gasteiger partial charge is 0.341 e. The van der Waals surface area contributed by atoms with Crippen LogP contribution in [0.5, 0.6) is 0 Å². The molecule has 0 saturated carbocycles. The molecule has 2 aliphatic rings. The number of carbonyl (C=O) groups is 3. The second-order valence-electron chi connectivity index (χ2n) is 7.12. The molecule has 4 rings (SSSR count). The molecular formula is C24H20O6. The van der Waals surface area contributed by atoms with Gasteiger partial charge in [-0.15, -0.1) is 0 Å². The van der Waals surface area contributed by atoms with E-state index in [1.165, 1.54) is 14.2 Å². The number of hydrogen-bond donors (Lipinski definition) is 0. The van der Waals surface area contributed by atoms with E-state index in [9.17, 15) is 14.4 Å². The number of Topliss-reactive ketones (excluding diaryl/α,β-unsaturated/α-hetero) is 1. The van der Waals surface area contributed by atoms with Crippen LogP contribution in [0.3, 0.4) is 0 Å². The van der Waals surface area contributed by atoms with Gasteiger partial charge in [0.25, 0.3) is 0 Å². The molecule has 0 spiro atoms. The first-order valence-electron chi connectivity index (χ1n) is 9.36. The number of methoxy groups -OCH3 is 2. The summed E-state index contributed by atoms with van der Waals surface area (Å²) in [7, 11) is 2.39. The third-order valence-electron chi connectivity index (χ3n) is 5.81. The lowest BCUT2D eigenvalue weighted by Crippen LogP contribution is -2.51. The summed E-state index contributed by atoms with van der Waals surface area (Å²) in [4.78, 5) is 40.0. The first-order valence-corrected chi connectivity index (χ1v) is 9.36. The van der Waals surface area contributed by atoms with Crippen molar-refractivity contribution in [1.82, 2.24) is 0 Å². The predicted molar refractivity (Wildman–Crippen MR) is 108 cm³/mol. The Kier molecular flexibility index (Phi) is 4.67. The second kappa shape index (κ2) is 7.07. The summed E-state index contributed by atoms with van der Waals surface area (Å²) in [5.41, 5.74) is -2.17. The van der Waals surface area contributed by atoms with Crippen LogP contribution < -0.4 is 0 Å². The van der Waals surface area contributed by atoms with Crippen molar-refractivity contribution in [1.29, 1.82) is 0 Å². The molecular weight excluding hydrogens is 384 g/mol. The summed E-state index contributed by atoms with van der Waals surface area (Å²) in [5.74, 6) is -2.40. The summed E-state index contributed by atoms with van der Waals surface area (Å²) in [6, 6.07) is 17.8. The zero-order valence-electron chi connectivity index (χ0n) is 16.6. The van der Waals surface area contributed by atoms with Gasteiger partial charge < -0.3 is 14.2 Å². The molecule has 30 heavy (non-hydrogen) atoms. The van der Waals surface area contributed by atoms with E-state index in [1.807, 2.05) is 12.1 Å². The van der Waals surface area contributed by atoms with Crippen LogP contribution in [0.25, 0.3) is 5.57 Å². The number of ether oxygens (including phenoxy) is 3. The summed E-state index contributed by atoms with van der Waals surface area (Å²) in [6.07, 6.45) is 0. The Balaban J connectivity index is 2.20. The first-order chi connectivity index (χ1) is 14.5. The molecule has 0 N–H and O–H groups in total. The highest BCUT2D eigenvalue weighted by molar-refractivity contribution is 6.35. The van der Waals surface area contributed by atoms with Crippen molar-refractivity contribution in [2.75, 3.05) is 20.8 Å². The fourth-order valence-electron chi connectivity index (χ4n) is 4.62. The molecule has 1 aliphatic carbocycles. The maximum absolute atomic E-state index is 13.9. The fourth-order valence-corrected chi connectivity index (χ4v) is 4.62. The molecule has 6 heteroatoms. The molecule has 2 aromatic rings. The third-order valence-corrected chi connectivity index (χ3v) is 5.81. The molecule has 6 nitrogen and oxygen atoms in total. The Labute approximate surface area is 173 Å². The van der Waals surface area contributed by atoms with Gasteiger partial charge in [-0.05, 0) is 16.7 Å². The molecule has 1 aliphatic heterocycles. The normalized spacial score (nSPS) is 25.3. The molecule has 2 atom stereocenters. The number of hydrogen-bond acceptors (Lipinski definition) is 6. The van der Waals surface area contributed by atoms with Gasteiger partial charge in [0.05, 0.1) is 20.8 Å². The number of esters is 2. The minimum absolute atomic E-state index is 0.0412. The number of ketones is 1. The summed E-state index contributed by atoms with van der Waals surface area (Å²) >= 11 is 0. The Morgan fingerprint density at radius 3 is 2.13 bits per heavy atom. The van der Waals surface area contributed by atoms with Crippen molar-refractivity contribution >= 4 is 23.3 Å². The molecule has 1 heterocycles. The van der Waals surface area contributed by atoms with Crippen molar-refractivity contribution in [3.8, 4) is 0 Å². The topological polar surface area (TPSA) is 78.9 Å². The highest BCUT2D eigenvalue weighted by Gasteiger charge is 2.76. The molecule has 1 saturated heterocycles. The van der Waals surface area contributed by atoms with Crippen molar-refractivity contribution < 1.29 is 28.6 Å². The van der Waals surface area contributed by atoms with Crippen LogP contribution in [0.1, 0.15) is 11.1 Å². The van der Waals surface area contributed by atoms with Gasteiger partial charge in [-0.25, -0.2) is 4.79 Å². The third kappa shape index (κ3) is 2.25. The van der Waals surface area contributed by atoms with Gasteiger partial charge in [-0.2, -0.15) is 0 Å². The maximum Gasteiger partial charge on any atom is 0.341 e. The average molecular weight is 404 g/mol. The van der Waals surface area contributed by atoms with Gasteiger partial charge in [0, 0.05) is 5.57 Å². The van der Waals surface area contributed by atoms with Gasteiger partial charge >= 0.3 is 11.9 Å². The highest BCUT2D eigenvalue weighted by atomic mass is 16.5. The lowest BCUT2D eigenvalue weighted by atomic mass is 9.64. The number of rotatable bonds is 4. The van der Waals surface area contributed by atoms with Crippen molar-refractivity contribution in [2.45, 2.75) is 5.60 Å². The average Bonchev–Trinajstić information content (AvgIpc) is 3.23. The molecule has 152 valence electrons. The van der Waals surface area contributed by atoms with E-state index in [-0.39, 0.29) is 23.3 Å². The molecule has 0 radical (unpaired) electrons. The number of fused-ring (bicyclic) bond motifs is 1. The zero-order chi connectivity index (χ0) is 21.5. The minimum Gasteiger partial charge on any atom is -0.468 e. The molecule has 2 aromatic carbocycles. The maximum atomic E-state index is 13.9. The predicted octanol–water partition coefficient (Wildman–Crippen LogP) is 2.84. The van der Waals surface area contributed by atoms with Crippen LogP contribution in [0.4, 0.5) is 0 Å². The summed E-state index contributed by atoms with van der Waals surface area (Å²) in [6.45, 7) is 3.94. The number of carbonyl (C=O) groups excluding carboxylic acids is 3.